The molecule has 0 saturated carbocycles. The highest BCUT2D eigenvalue weighted by atomic mass is 16.2. The van der Waals surface area contributed by atoms with E-state index in [2.05, 4.69) is 10.6 Å². The van der Waals surface area contributed by atoms with Crippen LogP contribution in [0.15, 0.2) is 36.0 Å². The van der Waals surface area contributed by atoms with E-state index in [0.29, 0.717) is 17.2 Å². The molecule has 5 heteroatoms. The average Bonchev–Trinajstić information content (AvgIpc) is 2.36. The first kappa shape index (κ1) is 14.8. The van der Waals surface area contributed by atoms with Crippen LogP contribution in [-0.4, -0.2) is 11.9 Å². The van der Waals surface area contributed by atoms with E-state index in [9.17, 15) is 9.59 Å². The third-order valence-corrected chi connectivity index (χ3v) is 2.77. The lowest BCUT2D eigenvalue weighted by atomic mass is 10.1. The van der Waals surface area contributed by atoms with Crippen LogP contribution in [0.1, 0.15) is 31.1 Å². The zero-order valence-electron chi connectivity index (χ0n) is 11.4. The maximum Gasteiger partial charge on any atom is 0.323 e. The minimum absolute atomic E-state index is 0.327. The molecule has 0 heterocycles. The highest BCUT2D eigenvalue weighted by Gasteiger charge is 2.03. The lowest BCUT2D eigenvalue weighted by molar-refractivity contribution is 0.100. The summed E-state index contributed by atoms with van der Waals surface area (Å²) in [6, 6.07) is 6.05. The Hall–Kier alpha value is -2.30. The van der Waals surface area contributed by atoms with Crippen molar-refractivity contribution in [2.45, 2.75) is 20.8 Å². The van der Waals surface area contributed by atoms with Crippen molar-refractivity contribution in [2.24, 2.45) is 11.7 Å². The number of nitrogens with one attached hydrogen (secondary N) is 2. The summed E-state index contributed by atoms with van der Waals surface area (Å²) in [5.41, 5.74) is 7.21. The van der Waals surface area contributed by atoms with Crippen molar-refractivity contribution >= 4 is 17.6 Å². The molecule has 0 unspecified atom stereocenters. The van der Waals surface area contributed by atoms with E-state index >= 15 is 0 Å². The van der Waals surface area contributed by atoms with Gasteiger partial charge in [0.25, 0.3) is 0 Å². The van der Waals surface area contributed by atoms with E-state index in [-0.39, 0.29) is 6.03 Å². The van der Waals surface area contributed by atoms with Crippen molar-refractivity contribution in [3.05, 3.63) is 41.6 Å². The summed E-state index contributed by atoms with van der Waals surface area (Å²) in [4.78, 5) is 22.5. The van der Waals surface area contributed by atoms with Gasteiger partial charge in [-0.25, -0.2) is 4.79 Å². The van der Waals surface area contributed by atoms with Gasteiger partial charge >= 0.3 is 6.03 Å². The molecule has 4 N–H and O–H groups in total. The smallest absolute Gasteiger partial charge is 0.323 e. The zero-order valence-corrected chi connectivity index (χ0v) is 11.4. The summed E-state index contributed by atoms with van der Waals surface area (Å²) in [5.74, 6) is -0.110. The molecular formula is C14H19N3O2. The van der Waals surface area contributed by atoms with Gasteiger partial charge in [-0.1, -0.05) is 19.4 Å². The zero-order chi connectivity index (χ0) is 14.4. The Labute approximate surface area is 112 Å². The minimum Gasteiger partial charge on any atom is -0.366 e. The molecule has 5 nitrogen and oxygen atoms in total. The second kappa shape index (κ2) is 6.58. The number of hydrogen-bond acceptors (Lipinski definition) is 2. The molecular weight excluding hydrogens is 242 g/mol. The van der Waals surface area contributed by atoms with Crippen molar-refractivity contribution in [2.75, 3.05) is 5.32 Å². The Morgan fingerprint density at radius 2 is 1.79 bits per heavy atom. The molecule has 1 aromatic carbocycles. The van der Waals surface area contributed by atoms with Crippen LogP contribution in [-0.2, 0) is 0 Å². The van der Waals surface area contributed by atoms with E-state index in [1.807, 2.05) is 20.8 Å². The number of amides is 3. The number of rotatable bonds is 4. The number of carbonyl (C=O) groups is 2. The Morgan fingerprint density at radius 3 is 2.26 bits per heavy atom. The Balaban J connectivity index is 2.58. The van der Waals surface area contributed by atoms with E-state index in [1.54, 1.807) is 30.5 Å². The van der Waals surface area contributed by atoms with E-state index in [0.717, 1.165) is 5.57 Å². The molecule has 0 aliphatic rings. The highest BCUT2D eigenvalue weighted by Crippen LogP contribution is 2.09. The molecule has 0 atom stereocenters. The molecule has 0 aliphatic carbocycles. The number of carbonyl (C=O) groups excluding carboxylic acids is 2. The SMILES string of the molecule is C/C(=C\NC(=O)Nc1ccc(C(N)=O)cc1)C(C)C. The van der Waals surface area contributed by atoms with Crippen LogP contribution in [0, 0.1) is 5.92 Å². The van der Waals surface area contributed by atoms with Crippen molar-refractivity contribution in [3.63, 3.8) is 0 Å². The number of benzene rings is 1. The summed E-state index contributed by atoms with van der Waals surface area (Å²) in [5, 5.41) is 5.30. The molecule has 1 aromatic rings. The van der Waals surface area contributed by atoms with Crippen molar-refractivity contribution in [1.29, 1.82) is 0 Å². The summed E-state index contributed by atoms with van der Waals surface area (Å²) in [7, 11) is 0. The Kier molecular flexibility index (Phi) is 5.11. The number of nitrogens with two attached hydrogens (primary N) is 1. The third kappa shape index (κ3) is 4.83. The lowest BCUT2D eigenvalue weighted by Crippen LogP contribution is -2.24. The summed E-state index contributed by atoms with van der Waals surface area (Å²) in [6.07, 6.45) is 1.68. The number of urea groups is 1. The predicted molar refractivity (Wildman–Crippen MR) is 75.7 cm³/mol. The van der Waals surface area contributed by atoms with E-state index in [1.165, 1.54) is 0 Å². The fourth-order valence-corrected chi connectivity index (χ4v) is 1.23. The fourth-order valence-electron chi connectivity index (χ4n) is 1.23. The minimum atomic E-state index is -0.494. The predicted octanol–water partition coefficient (Wildman–Crippen LogP) is 2.47. The second-order valence-electron chi connectivity index (χ2n) is 4.58. The van der Waals surface area contributed by atoms with E-state index < -0.39 is 5.91 Å². The monoisotopic (exact) mass is 261 g/mol. The first-order valence-corrected chi connectivity index (χ1v) is 6.04. The van der Waals surface area contributed by atoms with Gasteiger partial charge in [0.05, 0.1) is 0 Å². The van der Waals surface area contributed by atoms with Crippen LogP contribution in [0.25, 0.3) is 0 Å². The summed E-state index contributed by atoms with van der Waals surface area (Å²) < 4.78 is 0. The van der Waals surface area contributed by atoms with Gasteiger partial charge in [0.2, 0.25) is 5.91 Å². The lowest BCUT2D eigenvalue weighted by Gasteiger charge is -2.08. The van der Waals surface area contributed by atoms with Gasteiger partial charge in [0.15, 0.2) is 0 Å². The first-order valence-electron chi connectivity index (χ1n) is 6.04. The van der Waals surface area contributed by atoms with Crippen molar-refractivity contribution < 1.29 is 9.59 Å². The average molecular weight is 261 g/mol. The fraction of sp³-hybridized carbons (Fsp3) is 0.286. The first-order chi connectivity index (χ1) is 8.90. The Bertz CT molecular complexity index is 490. The molecule has 0 aliphatic heterocycles. The van der Waals surface area contributed by atoms with E-state index in [4.69, 9.17) is 5.73 Å². The standard InChI is InChI=1S/C14H19N3O2/c1-9(2)10(3)8-16-14(19)17-12-6-4-11(5-7-12)13(15)18/h4-9H,1-3H3,(H2,15,18)(H2,16,17,19)/b10-8+. The molecule has 1 rings (SSSR count). The molecule has 19 heavy (non-hydrogen) atoms. The highest BCUT2D eigenvalue weighted by molar-refractivity contribution is 5.94. The molecule has 102 valence electrons. The van der Waals surface area contributed by atoms with Gasteiger partial charge in [-0.2, -0.15) is 0 Å². The van der Waals surface area contributed by atoms with Crippen LogP contribution in [0.5, 0.6) is 0 Å². The molecule has 3 amide bonds. The Morgan fingerprint density at radius 1 is 1.21 bits per heavy atom. The van der Waals surface area contributed by atoms with Crippen LogP contribution >= 0.6 is 0 Å². The number of primary amides is 1. The number of allylic oxidation sites excluding steroid dienone is 1. The van der Waals surface area contributed by atoms with Crippen molar-refractivity contribution in [3.8, 4) is 0 Å². The number of hydrogen-bond donors (Lipinski definition) is 3. The third-order valence-electron chi connectivity index (χ3n) is 2.77. The summed E-state index contributed by atoms with van der Waals surface area (Å²) >= 11 is 0. The van der Waals surface area contributed by atoms with Crippen LogP contribution in [0.4, 0.5) is 10.5 Å². The molecule has 0 fully saturated rings. The number of anilines is 1. The molecule has 0 aromatic heterocycles. The van der Waals surface area contributed by atoms with Crippen molar-refractivity contribution in [1.82, 2.24) is 5.32 Å². The van der Waals surface area contributed by atoms with Gasteiger partial charge in [-0.05, 0) is 37.1 Å². The quantitative estimate of drug-likeness (QED) is 0.777. The maximum absolute atomic E-state index is 11.6. The normalized spacial score (nSPS) is 11.3. The topological polar surface area (TPSA) is 84.2 Å². The van der Waals surface area contributed by atoms with Crippen LogP contribution < -0.4 is 16.4 Å². The second-order valence-corrected chi connectivity index (χ2v) is 4.58. The van der Waals surface area contributed by atoms with Gasteiger partial charge in [0.1, 0.15) is 0 Å². The van der Waals surface area contributed by atoms with Gasteiger partial charge < -0.3 is 16.4 Å². The molecule has 0 spiro atoms. The van der Waals surface area contributed by atoms with Crippen LogP contribution in [0.3, 0.4) is 0 Å². The maximum atomic E-state index is 11.6. The van der Waals surface area contributed by atoms with Crippen LogP contribution in [0.2, 0.25) is 0 Å². The van der Waals surface area contributed by atoms with Gasteiger partial charge in [-0.15, -0.1) is 0 Å². The molecule has 0 saturated heterocycles. The summed E-state index contributed by atoms with van der Waals surface area (Å²) in [6.45, 7) is 6.05. The van der Waals surface area contributed by atoms with Gasteiger partial charge in [0, 0.05) is 17.5 Å². The van der Waals surface area contributed by atoms with Gasteiger partial charge in [-0.3, -0.25) is 4.79 Å². The largest absolute Gasteiger partial charge is 0.366 e. The molecule has 0 radical (unpaired) electrons. The molecule has 0 bridgehead atoms.